The van der Waals surface area contributed by atoms with E-state index in [0.29, 0.717) is 17.7 Å². The van der Waals surface area contributed by atoms with E-state index < -0.39 is 23.8 Å². The molecule has 2 aromatic carbocycles. The van der Waals surface area contributed by atoms with Crippen LogP contribution in [-0.4, -0.2) is 24.7 Å². The first-order valence-electron chi connectivity index (χ1n) is 11.7. The van der Waals surface area contributed by atoms with Gasteiger partial charge in [0.2, 0.25) is 0 Å². The predicted octanol–water partition coefficient (Wildman–Crippen LogP) is 3.42. The highest BCUT2D eigenvalue weighted by Crippen LogP contribution is 2.13. The molecule has 0 fully saturated rings. The van der Waals surface area contributed by atoms with E-state index in [9.17, 15) is 14.4 Å². The standard InChI is InChI=1S/C27H30N4O4/c1-18(2)13-29-17-28-25-24(29)26(33)31(27(34)30(25)14-21-8-6-5-7-9-21)15-23(32)35-16-22-12-19(3)10-11-20(22)4/h5-12,17-18H,13-16H2,1-4H3. The van der Waals surface area contributed by atoms with E-state index in [0.717, 1.165) is 26.8 Å². The van der Waals surface area contributed by atoms with Crippen LogP contribution in [-0.2, 0) is 35.8 Å². The largest absolute Gasteiger partial charge is 0.459 e. The number of benzene rings is 2. The van der Waals surface area contributed by atoms with E-state index in [4.69, 9.17) is 4.74 Å². The number of imidazole rings is 1. The molecule has 8 nitrogen and oxygen atoms in total. The minimum atomic E-state index is -0.648. The number of rotatable bonds is 8. The molecule has 0 saturated heterocycles. The van der Waals surface area contributed by atoms with Gasteiger partial charge in [-0.05, 0) is 36.5 Å². The predicted molar refractivity (Wildman–Crippen MR) is 134 cm³/mol. The highest BCUT2D eigenvalue weighted by Gasteiger charge is 2.21. The molecular weight excluding hydrogens is 444 g/mol. The number of carbonyl (C=O) groups excluding carboxylic acids is 1. The Morgan fingerprint density at radius 1 is 1.03 bits per heavy atom. The molecule has 0 amide bonds. The lowest BCUT2D eigenvalue weighted by Crippen LogP contribution is -2.42. The molecule has 0 radical (unpaired) electrons. The van der Waals surface area contributed by atoms with Gasteiger partial charge in [-0.25, -0.2) is 14.3 Å². The van der Waals surface area contributed by atoms with Gasteiger partial charge < -0.3 is 9.30 Å². The summed E-state index contributed by atoms with van der Waals surface area (Å²) < 4.78 is 9.61. The Labute approximate surface area is 203 Å². The number of ether oxygens (including phenoxy) is 1. The third kappa shape index (κ3) is 5.26. The van der Waals surface area contributed by atoms with Gasteiger partial charge in [-0.1, -0.05) is 67.9 Å². The maximum absolute atomic E-state index is 13.4. The fraction of sp³-hybridized carbons (Fsp3) is 0.333. The Bertz CT molecular complexity index is 1480. The zero-order valence-electron chi connectivity index (χ0n) is 20.5. The lowest BCUT2D eigenvalue weighted by molar-refractivity contribution is -0.145. The van der Waals surface area contributed by atoms with Crippen molar-refractivity contribution >= 4 is 17.1 Å². The second-order valence-corrected chi connectivity index (χ2v) is 9.30. The molecule has 2 heterocycles. The number of hydrogen-bond donors (Lipinski definition) is 0. The highest BCUT2D eigenvalue weighted by molar-refractivity contribution is 5.72. The van der Waals surface area contributed by atoms with Crippen molar-refractivity contribution in [3.8, 4) is 0 Å². The smallest absolute Gasteiger partial charge is 0.333 e. The van der Waals surface area contributed by atoms with E-state index in [1.54, 1.807) is 10.9 Å². The van der Waals surface area contributed by atoms with Crippen molar-refractivity contribution in [3.63, 3.8) is 0 Å². The molecule has 2 aromatic heterocycles. The Balaban J connectivity index is 1.71. The van der Waals surface area contributed by atoms with Crippen LogP contribution in [0, 0.1) is 19.8 Å². The number of fused-ring (bicyclic) bond motifs is 1. The van der Waals surface area contributed by atoms with Gasteiger partial charge in [-0.3, -0.25) is 14.2 Å². The molecule has 0 spiro atoms. The molecule has 0 aliphatic carbocycles. The van der Waals surface area contributed by atoms with Gasteiger partial charge in [-0.2, -0.15) is 0 Å². The monoisotopic (exact) mass is 474 g/mol. The van der Waals surface area contributed by atoms with E-state index >= 15 is 0 Å². The zero-order chi connectivity index (χ0) is 25.1. The number of aryl methyl sites for hydroxylation is 2. The molecule has 35 heavy (non-hydrogen) atoms. The van der Waals surface area contributed by atoms with E-state index in [2.05, 4.69) is 4.98 Å². The van der Waals surface area contributed by atoms with Crippen molar-refractivity contribution in [1.82, 2.24) is 18.7 Å². The van der Waals surface area contributed by atoms with Gasteiger partial charge in [0.15, 0.2) is 11.2 Å². The third-order valence-corrected chi connectivity index (χ3v) is 5.91. The molecule has 182 valence electrons. The molecule has 0 aliphatic heterocycles. The summed E-state index contributed by atoms with van der Waals surface area (Å²) in [5, 5.41) is 0. The van der Waals surface area contributed by atoms with E-state index in [-0.39, 0.29) is 19.1 Å². The van der Waals surface area contributed by atoms with E-state index in [1.165, 1.54) is 4.57 Å². The second-order valence-electron chi connectivity index (χ2n) is 9.30. The first-order chi connectivity index (χ1) is 16.7. The SMILES string of the molecule is Cc1ccc(C)c(COC(=O)Cn2c(=O)c3c(ncn3CC(C)C)n(Cc3ccccc3)c2=O)c1. The van der Waals surface area contributed by atoms with E-state index in [1.807, 2.05) is 76.2 Å². The molecular formula is C27H30N4O4. The van der Waals surface area contributed by atoms with Gasteiger partial charge in [0.25, 0.3) is 5.56 Å². The van der Waals surface area contributed by atoms with Gasteiger partial charge in [0.1, 0.15) is 13.2 Å². The van der Waals surface area contributed by atoms with Crippen LogP contribution in [0.25, 0.3) is 11.2 Å². The molecule has 0 saturated carbocycles. The third-order valence-electron chi connectivity index (χ3n) is 5.91. The molecule has 8 heteroatoms. The maximum Gasteiger partial charge on any atom is 0.333 e. The van der Waals surface area contributed by atoms with Gasteiger partial charge in [0, 0.05) is 6.54 Å². The Hall–Kier alpha value is -3.94. The van der Waals surface area contributed by atoms with Crippen molar-refractivity contribution in [2.75, 3.05) is 0 Å². The molecule has 4 rings (SSSR count). The van der Waals surface area contributed by atoms with Crippen molar-refractivity contribution < 1.29 is 9.53 Å². The van der Waals surface area contributed by atoms with Crippen LogP contribution in [0.4, 0.5) is 0 Å². The topological polar surface area (TPSA) is 88.1 Å². The molecule has 0 unspecified atom stereocenters. The molecule has 4 aromatic rings. The van der Waals surface area contributed by atoms with Gasteiger partial charge >= 0.3 is 11.7 Å². The van der Waals surface area contributed by atoms with Crippen molar-refractivity contribution in [2.45, 2.75) is 53.9 Å². The van der Waals surface area contributed by atoms with Crippen LogP contribution in [0.15, 0.2) is 64.4 Å². The number of aromatic nitrogens is 4. The van der Waals surface area contributed by atoms with Gasteiger partial charge in [0.05, 0.1) is 12.9 Å². The first-order valence-corrected chi connectivity index (χ1v) is 11.7. The number of esters is 1. The Kier molecular flexibility index (Phi) is 7.00. The summed E-state index contributed by atoms with van der Waals surface area (Å²) in [6.07, 6.45) is 1.58. The minimum Gasteiger partial charge on any atom is -0.459 e. The average Bonchev–Trinajstić information content (AvgIpc) is 3.23. The van der Waals surface area contributed by atoms with Crippen LogP contribution >= 0.6 is 0 Å². The highest BCUT2D eigenvalue weighted by atomic mass is 16.5. The Morgan fingerprint density at radius 2 is 1.77 bits per heavy atom. The van der Waals surface area contributed by atoms with Gasteiger partial charge in [-0.15, -0.1) is 0 Å². The normalized spacial score (nSPS) is 11.3. The lowest BCUT2D eigenvalue weighted by atomic mass is 10.1. The van der Waals surface area contributed by atoms with Crippen molar-refractivity contribution in [2.24, 2.45) is 5.92 Å². The summed E-state index contributed by atoms with van der Waals surface area (Å²) in [7, 11) is 0. The number of hydrogen-bond acceptors (Lipinski definition) is 5. The summed E-state index contributed by atoms with van der Waals surface area (Å²) in [4.78, 5) is 44.0. The summed E-state index contributed by atoms with van der Waals surface area (Å²) in [6, 6.07) is 15.4. The summed E-state index contributed by atoms with van der Waals surface area (Å²) >= 11 is 0. The van der Waals surface area contributed by atoms with Crippen LogP contribution in [0.5, 0.6) is 0 Å². The van der Waals surface area contributed by atoms with Crippen molar-refractivity contribution in [1.29, 1.82) is 0 Å². The van der Waals surface area contributed by atoms with Crippen LogP contribution in [0.1, 0.15) is 36.1 Å². The first kappa shape index (κ1) is 24.2. The molecule has 0 bridgehead atoms. The lowest BCUT2D eigenvalue weighted by Gasteiger charge is -2.14. The zero-order valence-corrected chi connectivity index (χ0v) is 20.5. The number of carbonyl (C=O) groups is 1. The summed E-state index contributed by atoms with van der Waals surface area (Å²) in [5.74, 6) is -0.386. The summed E-state index contributed by atoms with van der Waals surface area (Å²) in [5.41, 5.74) is 3.31. The molecule has 0 aliphatic rings. The van der Waals surface area contributed by atoms with Crippen molar-refractivity contribution in [3.05, 3.63) is 98.0 Å². The number of nitrogens with zero attached hydrogens (tertiary/aromatic N) is 4. The molecule has 0 N–H and O–H groups in total. The minimum absolute atomic E-state index is 0.0762. The summed E-state index contributed by atoms with van der Waals surface area (Å²) in [6.45, 7) is 8.38. The average molecular weight is 475 g/mol. The quantitative estimate of drug-likeness (QED) is 0.365. The maximum atomic E-state index is 13.4. The van der Waals surface area contributed by atoms with Crippen LogP contribution in [0.2, 0.25) is 0 Å². The Morgan fingerprint density at radius 3 is 2.49 bits per heavy atom. The fourth-order valence-corrected chi connectivity index (χ4v) is 4.11. The fourth-order valence-electron chi connectivity index (χ4n) is 4.11. The molecule has 0 atom stereocenters. The second kappa shape index (κ2) is 10.1. The van der Waals surface area contributed by atoms with Crippen LogP contribution in [0.3, 0.4) is 0 Å². The van der Waals surface area contributed by atoms with Crippen LogP contribution < -0.4 is 11.2 Å².